The van der Waals surface area contributed by atoms with Crippen LogP contribution in [0.1, 0.15) is 213 Å². The first-order chi connectivity index (χ1) is 26.5. The van der Waals surface area contributed by atoms with Crippen molar-refractivity contribution in [1.29, 1.82) is 0 Å². The van der Waals surface area contributed by atoms with Crippen LogP contribution >= 0.6 is 7.82 Å². The van der Waals surface area contributed by atoms with Crippen LogP contribution in [0, 0.1) is 0 Å². The summed E-state index contributed by atoms with van der Waals surface area (Å²) < 4.78 is 33.9. The van der Waals surface area contributed by atoms with E-state index in [4.69, 9.17) is 18.5 Å². The van der Waals surface area contributed by atoms with E-state index in [2.05, 4.69) is 26.0 Å². The summed E-state index contributed by atoms with van der Waals surface area (Å²) in [6.45, 7) is 4.24. The Bertz CT molecular complexity index is 954. The average Bonchev–Trinajstić information content (AvgIpc) is 3.13. The molecule has 0 heterocycles. The van der Waals surface area contributed by atoms with Crippen molar-refractivity contribution in [1.82, 2.24) is 0 Å². The van der Waals surface area contributed by atoms with E-state index in [1.54, 1.807) is 0 Å². The third kappa shape index (κ3) is 42.2. The molecular formula is C45H88NO8P. The topological polar surface area (TPSA) is 111 Å². The van der Waals surface area contributed by atoms with Crippen molar-refractivity contribution in [3.63, 3.8) is 0 Å². The monoisotopic (exact) mass is 802 g/mol. The molecule has 0 bridgehead atoms. The van der Waals surface area contributed by atoms with Crippen LogP contribution in [-0.2, 0) is 32.7 Å². The first-order valence-corrected chi connectivity index (χ1v) is 24.4. The van der Waals surface area contributed by atoms with Crippen LogP contribution in [0.2, 0.25) is 0 Å². The predicted molar refractivity (Wildman–Crippen MR) is 227 cm³/mol. The number of quaternary nitrogens is 1. The molecule has 0 amide bonds. The second kappa shape index (κ2) is 38.3. The highest BCUT2D eigenvalue weighted by molar-refractivity contribution is 7.45. The standard InChI is InChI=1S/C45H88NO8P/c1-6-8-10-12-14-16-18-20-22-24-26-28-30-32-34-36-38-45(48)54-43(42-53-55(49,50)52-40-39-46(3,4)5)41-51-44(47)37-35-33-31-29-27-25-23-21-19-17-15-13-11-9-7-2/h25,27,43H,6-24,26,28-42H2,1-5H3/b27-25+/t43-/m1/s1. The third-order valence-corrected chi connectivity index (χ3v) is 11.0. The first kappa shape index (κ1) is 53.8. The molecule has 0 radical (unpaired) electrons. The lowest BCUT2D eigenvalue weighted by atomic mass is 10.0. The zero-order valence-corrected chi connectivity index (χ0v) is 37.5. The van der Waals surface area contributed by atoms with Crippen LogP contribution in [0.25, 0.3) is 0 Å². The minimum atomic E-state index is -4.62. The number of rotatable bonds is 42. The molecule has 0 aliphatic rings. The summed E-state index contributed by atoms with van der Waals surface area (Å²) in [6.07, 6.45) is 39.5. The quantitative estimate of drug-likeness (QED) is 0.0197. The molecule has 0 saturated carbocycles. The van der Waals surface area contributed by atoms with Gasteiger partial charge >= 0.3 is 11.9 Å². The zero-order valence-electron chi connectivity index (χ0n) is 36.6. The largest absolute Gasteiger partial charge is 0.756 e. The molecule has 55 heavy (non-hydrogen) atoms. The molecule has 0 fully saturated rings. The van der Waals surface area contributed by atoms with Gasteiger partial charge in [0.2, 0.25) is 0 Å². The lowest BCUT2D eigenvalue weighted by Crippen LogP contribution is -2.37. The number of phosphoric ester groups is 1. The first-order valence-electron chi connectivity index (χ1n) is 22.9. The molecular weight excluding hydrogens is 713 g/mol. The van der Waals surface area contributed by atoms with Gasteiger partial charge in [0.05, 0.1) is 27.7 Å². The fourth-order valence-electron chi connectivity index (χ4n) is 6.41. The van der Waals surface area contributed by atoms with Gasteiger partial charge in [0.15, 0.2) is 6.10 Å². The Kier molecular flexibility index (Phi) is 37.4. The highest BCUT2D eigenvalue weighted by Crippen LogP contribution is 2.38. The highest BCUT2D eigenvalue weighted by Gasteiger charge is 2.21. The lowest BCUT2D eigenvalue weighted by molar-refractivity contribution is -0.870. The Balaban J connectivity index is 4.33. The van der Waals surface area contributed by atoms with Gasteiger partial charge in [-0.25, -0.2) is 0 Å². The number of ether oxygens (including phenoxy) is 2. The molecule has 0 aromatic carbocycles. The third-order valence-electron chi connectivity index (χ3n) is 10.0. The molecule has 0 N–H and O–H groups in total. The summed E-state index contributed by atoms with van der Waals surface area (Å²) in [7, 11) is 1.17. The molecule has 326 valence electrons. The van der Waals surface area contributed by atoms with E-state index < -0.39 is 32.5 Å². The van der Waals surface area contributed by atoms with E-state index in [1.165, 1.54) is 135 Å². The van der Waals surface area contributed by atoms with E-state index in [-0.39, 0.29) is 26.1 Å². The van der Waals surface area contributed by atoms with Crippen molar-refractivity contribution in [3.8, 4) is 0 Å². The average molecular weight is 802 g/mol. The van der Waals surface area contributed by atoms with E-state index >= 15 is 0 Å². The number of carbonyl (C=O) groups is 2. The lowest BCUT2D eigenvalue weighted by Gasteiger charge is -2.28. The maximum absolute atomic E-state index is 12.7. The molecule has 0 aromatic heterocycles. The van der Waals surface area contributed by atoms with E-state index in [9.17, 15) is 19.0 Å². The van der Waals surface area contributed by atoms with E-state index in [1.807, 2.05) is 21.1 Å². The van der Waals surface area contributed by atoms with Gasteiger partial charge in [-0.1, -0.05) is 174 Å². The van der Waals surface area contributed by atoms with E-state index in [0.29, 0.717) is 23.9 Å². The second-order valence-electron chi connectivity index (χ2n) is 16.8. The van der Waals surface area contributed by atoms with Gasteiger partial charge in [-0.2, -0.15) is 0 Å². The maximum atomic E-state index is 12.7. The number of hydrogen-bond donors (Lipinski definition) is 0. The number of hydrogen-bond acceptors (Lipinski definition) is 8. The van der Waals surface area contributed by atoms with Crippen LogP contribution in [0.3, 0.4) is 0 Å². The summed E-state index contributed by atoms with van der Waals surface area (Å²) in [4.78, 5) is 37.5. The van der Waals surface area contributed by atoms with Crippen molar-refractivity contribution < 1.29 is 42.1 Å². The predicted octanol–water partition coefficient (Wildman–Crippen LogP) is 12.3. The van der Waals surface area contributed by atoms with Crippen molar-refractivity contribution in [2.24, 2.45) is 0 Å². The SMILES string of the molecule is CCCCCCCCCC/C=C/CCCCCC(=O)OC[C@H](COP(=O)([O-])OCC[N+](C)(C)C)OC(=O)CCCCCCCCCCCCCCCCCC. The molecule has 1 unspecified atom stereocenters. The fourth-order valence-corrected chi connectivity index (χ4v) is 7.14. The Morgan fingerprint density at radius 3 is 1.36 bits per heavy atom. The number of allylic oxidation sites excluding steroid dienone is 2. The summed E-state index contributed by atoms with van der Waals surface area (Å²) in [6, 6.07) is 0. The molecule has 0 saturated heterocycles. The van der Waals surface area contributed by atoms with E-state index in [0.717, 1.165) is 38.5 Å². The number of carbonyl (C=O) groups excluding carboxylic acids is 2. The summed E-state index contributed by atoms with van der Waals surface area (Å²) in [5.74, 6) is -0.842. The molecule has 2 atom stereocenters. The maximum Gasteiger partial charge on any atom is 0.306 e. The molecule has 9 nitrogen and oxygen atoms in total. The van der Waals surface area contributed by atoms with Crippen molar-refractivity contribution in [3.05, 3.63) is 12.2 Å². The number of phosphoric acid groups is 1. The van der Waals surface area contributed by atoms with Gasteiger partial charge < -0.3 is 27.9 Å². The van der Waals surface area contributed by atoms with Crippen molar-refractivity contribution >= 4 is 19.8 Å². The second-order valence-corrected chi connectivity index (χ2v) is 18.2. The number of nitrogens with zero attached hydrogens (tertiary/aromatic N) is 1. The molecule has 0 rings (SSSR count). The van der Waals surface area contributed by atoms with Gasteiger partial charge in [0.25, 0.3) is 7.82 Å². The number of unbranched alkanes of at least 4 members (excludes halogenated alkanes) is 26. The van der Waals surface area contributed by atoms with Crippen LogP contribution in [0.5, 0.6) is 0 Å². The number of esters is 2. The minimum absolute atomic E-state index is 0.0297. The Morgan fingerprint density at radius 2 is 0.927 bits per heavy atom. The Hall–Kier alpha value is -1.25. The van der Waals surface area contributed by atoms with Crippen molar-refractivity contribution in [2.75, 3.05) is 47.5 Å². The zero-order chi connectivity index (χ0) is 40.7. The normalized spacial score (nSPS) is 13.6. The van der Waals surface area contributed by atoms with Gasteiger partial charge in [-0.3, -0.25) is 14.2 Å². The Morgan fingerprint density at radius 1 is 0.545 bits per heavy atom. The fraction of sp³-hybridized carbons (Fsp3) is 0.911. The van der Waals surface area contributed by atoms with Crippen LogP contribution in [-0.4, -0.2) is 70.0 Å². The molecule has 0 aliphatic carbocycles. The smallest absolute Gasteiger partial charge is 0.306 e. The molecule has 0 aliphatic heterocycles. The Labute approximate surface area is 339 Å². The number of likely N-dealkylation sites (N-methyl/N-ethyl adjacent to an activating group) is 1. The van der Waals surface area contributed by atoms with Crippen molar-refractivity contribution in [2.45, 2.75) is 219 Å². The van der Waals surface area contributed by atoms with Gasteiger partial charge in [0.1, 0.15) is 19.8 Å². The highest BCUT2D eigenvalue weighted by atomic mass is 31.2. The summed E-state index contributed by atoms with van der Waals surface area (Å²) >= 11 is 0. The summed E-state index contributed by atoms with van der Waals surface area (Å²) in [5.41, 5.74) is 0. The van der Waals surface area contributed by atoms with Crippen LogP contribution in [0.4, 0.5) is 0 Å². The summed E-state index contributed by atoms with van der Waals surface area (Å²) in [5, 5.41) is 0. The van der Waals surface area contributed by atoms with Gasteiger partial charge in [0, 0.05) is 12.8 Å². The molecule has 0 aromatic rings. The van der Waals surface area contributed by atoms with Crippen LogP contribution in [0.15, 0.2) is 12.2 Å². The van der Waals surface area contributed by atoms with Gasteiger partial charge in [-0.15, -0.1) is 0 Å². The minimum Gasteiger partial charge on any atom is -0.756 e. The molecule has 0 spiro atoms. The molecule has 10 heteroatoms. The van der Waals surface area contributed by atoms with Gasteiger partial charge in [-0.05, 0) is 38.5 Å². The van der Waals surface area contributed by atoms with Crippen LogP contribution < -0.4 is 4.89 Å².